The predicted octanol–water partition coefficient (Wildman–Crippen LogP) is 4.99. The maximum absolute atomic E-state index is 3.48. The van der Waals surface area contributed by atoms with Gasteiger partial charge in [0.2, 0.25) is 0 Å². The first-order valence-corrected chi connectivity index (χ1v) is 8.19. The molecule has 0 fully saturated rings. The van der Waals surface area contributed by atoms with Crippen LogP contribution in [0.2, 0.25) is 0 Å². The lowest BCUT2D eigenvalue weighted by atomic mass is 10.1. The van der Waals surface area contributed by atoms with Crippen LogP contribution in [0.1, 0.15) is 25.8 Å². The lowest BCUT2D eigenvalue weighted by Gasteiger charge is -2.07. The maximum Gasteiger partial charge on any atom is 0.0355 e. The Morgan fingerprint density at radius 2 is 1.80 bits per heavy atom. The fourth-order valence-electron chi connectivity index (χ4n) is 2.61. The van der Waals surface area contributed by atoms with E-state index >= 15 is 0 Å². The molecule has 0 atom stereocenters. The van der Waals surface area contributed by atoms with Crippen LogP contribution in [0.25, 0.3) is 20.2 Å². The van der Waals surface area contributed by atoms with Crippen molar-refractivity contribution < 1.29 is 0 Å². The monoisotopic (exact) mass is 283 g/mol. The summed E-state index contributed by atoms with van der Waals surface area (Å²) in [6, 6.07) is 16.2. The van der Waals surface area contributed by atoms with Crippen LogP contribution < -0.4 is 5.32 Å². The van der Waals surface area contributed by atoms with Crippen LogP contribution >= 0.6 is 11.3 Å². The maximum atomic E-state index is 3.48. The molecule has 2 heteroatoms. The Morgan fingerprint density at radius 1 is 1.00 bits per heavy atom. The van der Waals surface area contributed by atoms with Crippen LogP contribution in [0.15, 0.2) is 42.5 Å². The van der Waals surface area contributed by atoms with Gasteiger partial charge in [-0.1, -0.05) is 38.1 Å². The molecule has 0 amide bonds. The van der Waals surface area contributed by atoms with Crippen LogP contribution in [0.3, 0.4) is 0 Å². The summed E-state index contributed by atoms with van der Waals surface area (Å²) in [6.45, 7) is 5.49. The van der Waals surface area contributed by atoms with Gasteiger partial charge < -0.3 is 5.32 Å². The van der Waals surface area contributed by atoms with E-state index in [-0.39, 0.29) is 0 Å². The fourth-order valence-corrected chi connectivity index (χ4v) is 3.70. The van der Waals surface area contributed by atoms with Gasteiger partial charge in [-0.25, -0.2) is 0 Å². The quantitative estimate of drug-likeness (QED) is 0.651. The van der Waals surface area contributed by atoms with Gasteiger partial charge in [-0.3, -0.25) is 0 Å². The normalized spacial score (nSPS) is 11.8. The molecule has 20 heavy (non-hydrogen) atoms. The minimum absolute atomic E-state index is 0.582. The summed E-state index contributed by atoms with van der Waals surface area (Å²) in [5.74, 6) is 0. The van der Waals surface area contributed by atoms with Gasteiger partial charge in [-0.15, -0.1) is 11.3 Å². The predicted molar refractivity (Wildman–Crippen MR) is 90.8 cm³/mol. The molecule has 0 saturated carbocycles. The van der Waals surface area contributed by atoms with Gasteiger partial charge in [0.25, 0.3) is 0 Å². The third kappa shape index (κ3) is 2.87. The number of aryl methyl sites for hydroxylation is 1. The van der Waals surface area contributed by atoms with Crippen molar-refractivity contribution in [2.45, 2.75) is 32.7 Å². The van der Waals surface area contributed by atoms with E-state index in [1.54, 1.807) is 0 Å². The van der Waals surface area contributed by atoms with E-state index in [0.29, 0.717) is 6.04 Å². The summed E-state index contributed by atoms with van der Waals surface area (Å²) in [7, 11) is 0. The van der Waals surface area contributed by atoms with E-state index in [1.807, 2.05) is 11.3 Å². The number of benzene rings is 2. The molecule has 0 aliphatic carbocycles. The van der Waals surface area contributed by atoms with Crippen molar-refractivity contribution in [1.82, 2.24) is 5.32 Å². The van der Waals surface area contributed by atoms with Gasteiger partial charge in [0.05, 0.1) is 0 Å². The average molecular weight is 283 g/mol. The Kier molecular flexibility index (Phi) is 4.04. The Labute approximate surface area is 124 Å². The molecule has 0 saturated heterocycles. The summed E-state index contributed by atoms with van der Waals surface area (Å²) < 4.78 is 2.79. The number of hydrogen-bond donors (Lipinski definition) is 1. The highest BCUT2D eigenvalue weighted by Gasteiger charge is 2.05. The zero-order valence-electron chi connectivity index (χ0n) is 12.1. The molecule has 0 spiro atoms. The van der Waals surface area contributed by atoms with Crippen molar-refractivity contribution in [3.63, 3.8) is 0 Å². The molecule has 3 aromatic rings. The first-order chi connectivity index (χ1) is 9.74. The summed E-state index contributed by atoms with van der Waals surface area (Å²) in [6.07, 6.45) is 2.35. The number of nitrogens with one attached hydrogen (secondary N) is 1. The number of thiophene rings is 1. The van der Waals surface area contributed by atoms with Crippen molar-refractivity contribution in [3.8, 4) is 0 Å². The molecule has 0 aliphatic heterocycles. The number of fused-ring (bicyclic) bond motifs is 3. The van der Waals surface area contributed by atoms with Crippen LogP contribution in [0, 0.1) is 0 Å². The molecule has 0 unspecified atom stereocenters. The van der Waals surface area contributed by atoms with Crippen LogP contribution in [0.5, 0.6) is 0 Å². The number of hydrogen-bond acceptors (Lipinski definition) is 2. The highest BCUT2D eigenvalue weighted by Crippen LogP contribution is 2.34. The molecular formula is C18H21NS. The van der Waals surface area contributed by atoms with Crippen molar-refractivity contribution in [1.29, 1.82) is 0 Å². The van der Waals surface area contributed by atoms with Gasteiger partial charge in [0.15, 0.2) is 0 Å². The molecule has 1 N–H and O–H groups in total. The van der Waals surface area contributed by atoms with E-state index < -0.39 is 0 Å². The third-order valence-electron chi connectivity index (χ3n) is 3.64. The second kappa shape index (κ2) is 5.94. The Morgan fingerprint density at radius 3 is 2.65 bits per heavy atom. The van der Waals surface area contributed by atoms with E-state index in [1.165, 1.54) is 32.2 Å². The van der Waals surface area contributed by atoms with Gasteiger partial charge in [0.1, 0.15) is 0 Å². The van der Waals surface area contributed by atoms with Gasteiger partial charge in [-0.05, 0) is 43.1 Å². The van der Waals surface area contributed by atoms with Gasteiger partial charge in [-0.2, -0.15) is 0 Å². The zero-order chi connectivity index (χ0) is 13.9. The second-order valence-corrected chi connectivity index (χ2v) is 6.72. The molecule has 104 valence electrons. The molecule has 0 radical (unpaired) electrons. The molecule has 0 aliphatic rings. The molecular weight excluding hydrogens is 262 g/mol. The minimum atomic E-state index is 0.582. The summed E-state index contributed by atoms with van der Waals surface area (Å²) in [5, 5.41) is 6.29. The van der Waals surface area contributed by atoms with E-state index in [2.05, 4.69) is 61.6 Å². The summed E-state index contributed by atoms with van der Waals surface area (Å²) in [4.78, 5) is 0. The Balaban J connectivity index is 1.81. The highest BCUT2D eigenvalue weighted by atomic mass is 32.1. The van der Waals surface area contributed by atoms with Crippen molar-refractivity contribution in [2.24, 2.45) is 0 Å². The van der Waals surface area contributed by atoms with E-state index in [4.69, 9.17) is 0 Å². The SMILES string of the molecule is CC(C)NCCCc1ccc2sc3ccccc3c2c1. The third-order valence-corrected chi connectivity index (χ3v) is 4.79. The van der Waals surface area contributed by atoms with Gasteiger partial charge >= 0.3 is 0 Å². The molecule has 0 bridgehead atoms. The van der Waals surface area contributed by atoms with Crippen LogP contribution in [-0.4, -0.2) is 12.6 Å². The first-order valence-electron chi connectivity index (χ1n) is 7.37. The smallest absolute Gasteiger partial charge is 0.0355 e. The second-order valence-electron chi connectivity index (χ2n) is 5.64. The Hall–Kier alpha value is -1.38. The van der Waals surface area contributed by atoms with E-state index in [9.17, 15) is 0 Å². The minimum Gasteiger partial charge on any atom is -0.315 e. The topological polar surface area (TPSA) is 12.0 Å². The lowest BCUT2D eigenvalue weighted by molar-refractivity contribution is 0.570. The van der Waals surface area contributed by atoms with Gasteiger partial charge in [0, 0.05) is 26.2 Å². The van der Waals surface area contributed by atoms with Crippen molar-refractivity contribution in [2.75, 3.05) is 6.54 Å². The largest absolute Gasteiger partial charge is 0.315 e. The van der Waals surface area contributed by atoms with Crippen molar-refractivity contribution in [3.05, 3.63) is 48.0 Å². The molecule has 1 heterocycles. The lowest BCUT2D eigenvalue weighted by Crippen LogP contribution is -2.23. The Bertz CT molecular complexity index is 712. The molecule has 1 nitrogen and oxygen atoms in total. The molecule has 3 rings (SSSR count). The molecule has 2 aromatic carbocycles. The fraction of sp³-hybridized carbons (Fsp3) is 0.333. The standard InChI is InChI=1S/C18H21NS/c1-13(2)19-11-5-6-14-9-10-18-16(12-14)15-7-3-4-8-17(15)20-18/h3-4,7-10,12-13,19H,5-6,11H2,1-2H3. The molecule has 1 aromatic heterocycles. The van der Waals surface area contributed by atoms with Crippen LogP contribution in [0.4, 0.5) is 0 Å². The summed E-state index contributed by atoms with van der Waals surface area (Å²) in [5.41, 5.74) is 1.45. The van der Waals surface area contributed by atoms with E-state index in [0.717, 1.165) is 13.0 Å². The average Bonchev–Trinajstić information content (AvgIpc) is 2.81. The summed E-state index contributed by atoms with van der Waals surface area (Å²) >= 11 is 1.89. The number of rotatable bonds is 5. The zero-order valence-corrected chi connectivity index (χ0v) is 13.0. The first kappa shape index (κ1) is 13.6. The highest BCUT2D eigenvalue weighted by molar-refractivity contribution is 7.25. The van der Waals surface area contributed by atoms with Crippen molar-refractivity contribution >= 4 is 31.5 Å². The van der Waals surface area contributed by atoms with Crippen LogP contribution in [-0.2, 0) is 6.42 Å².